The van der Waals surface area contributed by atoms with Crippen molar-refractivity contribution in [3.8, 4) is 0 Å². The molecule has 0 bridgehead atoms. The van der Waals surface area contributed by atoms with Crippen LogP contribution in [0.15, 0.2) is 42.7 Å². The predicted octanol–water partition coefficient (Wildman–Crippen LogP) is 1.46. The molecule has 0 spiro atoms. The van der Waals surface area contributed by atoms with Gasteiger partial charge in [0.15, 0.2) is 0 Å². The van der Waals surface area contributed by atoms with Crippen LogP contribution in [0.1, 0.15) is 17.5 Å². The molecule has 2 heterocycles. The number of fused-ring (bicyclic) bond motifs is 1. The van der Waals surface area contributed by atoms with Gasteiger partial charge in [-0.2, -0.15) is 5.10 Å². The Bertz CT molecular complexity index is 672. The fourth-order valence-electron chi connectivity index (χ4n) is 3.28. The zero-order valence-corrected chi connectivity index (χ0v) is 14.7. The minimum atomic E-state index is 0.0704. The van der Waals surface area contributed by atoms with Gasteiger partial charge in [0.2, 0.25) is 5.91 Å². The van der Waals surface area contributed by atoms with E-state index in [1.54, 1.807) is 18.0 Å². The van der Waals surface area contributed by atoms with Crippen LogP contribution in [0, 0.1) is 0 Å². The van der Waals surface area contributed by atoms with Gasteiger partial charge in [0.25, 0.3) is 0 Å². The van der Waals surface area contributed by atoms with E-state index in [2.05, 4.69) is 39.6 Å². The van der Waals surface area contributed by atoms with Crippen molar-refractivity contribution < 1.29 is 9.53 Å². The van der Waals surface area contributed by atoms with Crippen molar-refractivity contribution in [2.75, 3.05) is 26.8 Å². The monoisotopic (exact) mass is 342 g/mol. The lowest BCUT2D eigenvalue weighted by Crippen LogP contribution is -2.48. The van der Waals surface area contributed by atoms with Crippen LogP contribution in [0.4, 0.5) is 0 Å². The van der Waals surface area contributed by atoms with Crippen LogP contribution < -0.4 is 5.32 Å². The second-order valence-corrected chi connectivity index (χ2v) is 6.41. The van der Waals surface area contributed by atoms with Crippen molar-refractivity contribution in [2.45, 2.75) is 32.0 Å². The van der Waals surface area contributed by atoms with E-state index < -0.39 is 0 Å². The largest absolute Gasteiger partial charge is 0.383 e. The van der Waals surface area contributed by atoms with Gasteiger partial charge in [0, 0.05) is 58.1 Å². The van der Waals surface area contributed by atoms with Crippen molar-refractivity contribution in [3.63, 3.8) is 0 Å². The molecule has 0 saturated heterocycles. The third kappa shape index (κ3) is 4.90. The van der Waals surface area contributed by atoms with E-state index in [-0.39, 0.29) is 5.91 Å². The Labute approximate surface area is 148 Å². The summed E-state index contributed by atoms with van der Waals surface area (Å²) in [4.78, 5) is 14.6. The average Bonchev–Trinajstić information content (AvgIpc) is 3.16. The Morgan fingerprint density at radius 2 is 2.12 bits per heavy atom. The molecule has 1 aliphatic rings. The molecule has 0 aliphatic carbocycles. The SMILES string of the molecule is COCCN1Cc2ccccc2CC1CNC(=O)CCn1cccn1. The third-order valence-corrected chi connectivity index (χ3v) is 4.71. The number of ether oxygens (including phenoxy) is 1. The Morgan fingerprint density at radius 1 is 1.28 bits per heavy atom. The van der Waals surface area contributed by atoms with Gasteiger partial charge in [0.05, 0.1) is 6.61 Å². The van der Waals surface area contributed by atoms with Gasteiger partial charge in [-0.15, -0.1) is 0 Å². The minimum absolute atomic E-state index is 0.0704. The summed E-state index contributed by atoms with van der Waals surface area (Å²) >= 11 is 0. The molecular formula is C19H26N4O2. The fourth-order valence-corrected chi connectivity index (χ4v) is 3.28. The van der Waals surface area contributed by atoms with E-state index in [1.165, 1.54) is 11.1 Å². The van der Waals surface area contributed by atoms with Crippen molar-refractivity contribution in [2.24, 2.45) is 0 Å². The molecule has 2 aromatic rings. The molecule has 1 unspecified atom stereocenters. The number of hydrogen-bond donors (Lipinski definition) is 1. The standard InChI is InChI=1S/C19H26N4O2/c1-25-12-11-22-15-17-6-3-2-5-16(17)13-18(22)14-20-19(24)7-10-23-9-4-8-21-23/h2-6,8-9,18H,7,10-15H2,1H3,(H,20,24). The molecular weight excluding hydrogens is 316 g/mol. The molecule has 6 nitrogen and oxygen atoms in total. The number of carbonyl (C=O) groups excluding carboxylic acids is 1. The second kappa shape index (κ2) is 8.78. The van der Waals surface area contributed by atoms with Gasteiger partial charge >= 0.3 is 0 Å². The molecule has 0 radical (unpaired) electrons. The van der Waals surface area contributed by atoms with Crippen LogP contribution >= 0.6 is 0 Å². The van der Waals surface area contributed by atoms with Gasteiger partial charge in [0.1, 0.15) is 0 Å². The van der Waals surface area contributed by atoms with Crippen molar-refractivity contribution in [1.82, 2.24) is 20.0 Å². The van der Waals surface area contributed by atoms with E-state index in [0.29, 0.717) is 32.2 Å². The third-order valence-electron chi connectivity index (χ3n) is 4.71. The van der Waals surface area contributed by atoms with Gasteiger partial charge < -0.3 is 10.1 Å². The van der Waals surface area contributed by atoms with Crippen molar-refractivity contribution >= 4 is 5.91 Å². The van der Waals surface area contributed by atoms with Gasteiger partial charge in [-0.3, -0.25) is 14.4 Å². The summed E-state index contributed by atoms with van der Waals surface area (Å²) in [7, 11) is 1.73. The van der Waals surface area contributed by atoms with E-state index in [0.717, 1.165) is 19.5 Å². The molecule has 6 heteroatoms. The molecule has 1 aromatic heterocycles. The van der Waals surface area contributed by atoms with E-state index in [9.17, 15) is 4.79 Å². The fraction of sp³-hybridized carbons (Fsp3) is 0.474. The first kappa shape index (κ1) is 17.6. The highest BCUT2D eigenvalue weighted by molar-refractivity contribution is 5.75. The number of methoxy groups -OCH3 is 1. The van der Waals surface area contributed by atoms with Crippen LogP contribution in [-0.4, -0.2) is 53.4 Å². The van der Waals surface area contributed by atoms with Crippen molar-refractivity contribution in [3.05, 3.63) is 53.9 Å². The van der Waals surface area contributed by atoms with Crippen LogP contribution in [0.2, 0.25) is 0 Å². The maximum atomic E-state index is 12.2. The molecule has 1 atom stereocenters. The quantitative estimate of drug-likeness (QED) is 0.789. The number of nitrogens with zero attached hydrogens (tertiary/aromatic N) is 3. The lowest BCUT2D eigenvalue weighted by Gasteiger charge is -2.37. The second-order valence-electron chi connectivity index (χ2n) is 6.41. The first-order valence-electron chi connectivity index (χ1n) is 8.80. The highest BCUT2D eigenvalue weighted by atomic mass is 16.5. The number of benzene rings is 1. The first-order valence-corrected chi connectivity index (χ1v) is 8.80. The number of hydrogen-bond acceptors (Lipinski definition) is 4. The summed E-state index contributed by atoms with van der Waals surface area (Å²) in [5, 5.41) is 7.21. The van der Waals surface area contributed by atoms with Crippen LogP contribution in [0.3, 0.4) is 0 Å². The first-order chi connectivity index (χ1) is 12.3. The van der Waals surface area contributed by atoms with E-state index in [4.69, 9.17) is 4.74 Å². The van der Waals surface area contributed by atoms with Crippen molar-refractivity contribution in [1.29, 1.82) is 0 Å². The number of nitrogens with one attached hydrogen (secondary N) is 1. The normalized spacial score (nSPS) is 17.2. The number of aryl methyl sites for hydroxylation is 1. The number of aromatic nitrogens is 2. The molecule has 25 heavy (non-hydrogen) atoms. The minimum Gasteiger partial charge on any atom is -0.383 e. The maximum absolute atomic E-state index is 12.2. The van der Waals surface area contributed by atoms with Crippen LogP contribution in [0.25, 0.3) is 0 Å². The zero-order chi connectivity index (χ0) is 17.5. The topological polar surface area (TPSA) is 59.4 Å². The molecule has 1 aliphatic heterocycles. The van der Waals surface area contributed by atoms with Gasteiger partial charge in [-0.1, -0.05) is 24.3 Å². The summed E-state index contributed by atoms with van der Waals surface area (Å²) in [5.41, 5.74) is 2.76. The Morgan fingerprint density at radius 3 is 2.88 bits per heavy atom. The Hall–Kier alpha value is -2.18. The molecule has 0 fully saturated rings. The number of rotatable bonds is 8. The molecule has 1 N–H and O–H groups in total. The summed E-state index contributed by atoms with van der Waals surface area (Å²) in [6, 6.07) is 10.7. The van der Waals surface area contributed by atoms with Gasteiger partial charge in [-0.25, -0.2) is 0 Å². The molecule has 1 aromatic carbocycles. The number of carbonyl (C=O) groups is 1. The maximum Gasteiger partial charge on any atom is 0.221 e. The molecule has 3 rings (SSSR count). The highest BCUT2D eigenvalue weighted by Gasteiger charge is 2.25. The smallest absolute Gasteiger partial charge is 0.221 e. The molecule has 0 saturated carbocycles. The summed E-state index contributed by atoms with van der Waals surface area (Å²) in [6.07, 6.45) is 5.01. The summed E-state index contributed by atoms with van der Waals surface area (Å²) in [5.74, 6) is 0.0704. The van der Waals surface area contributed by atoms with Gasteiger partial charge in [-0.05, 0) is 23.6 Å². The molecule has 1 amide bonds. The number of amides is 1. The van der Waals surface area contributed by atoms with E-state index in [1.807, 2.05) is 12.3 Å². The molecule has 134 valence electrons. The lowest BCUT2D eigenvalue weighted by molar-refractivity contribution is -0.121. The van der Waals surface area contributed by atoms with Crippen LogP contribution in [0.5, 0.6) is 0 Å². The Kier molecular flexibility index (Phi) is 6.19. The van der Waals surface area contributed by atoms with Crippen LogP contribution in [-0.2, 0) is 29.0 Å². The zero-order valence-electron chi connectivity index (χ0n) is 14.7. The summed E-state index contributed by atoms with van der Waals surface area (Å²) < 4.78 is 7.03. The Balaban J connectivity index is 1.54. The average molecular weight is 342 g/mol. The summed E-state index contributed by atoms with van der Waals surface area (Å²) in [6.45, 7) is 3.76. The predicted molar refractivity (Wildman–Crippen MR) is 96.1 cm³/mol. The van der Waals surface area contributed by atoms with E-state index >= 15 is 0 Å². The highest BCUT2D eigenvalue weighted by Crippen LogP contribution is 2.22. The lowest BCUT2D eigenvalue weighted by atomic mass is 9.94.